The van der Waals surface area contributed by atoms with Gasteiger partial charge in [-0.1, -0.05) is 6.07 Å². The molecule has 1 amide bonds. The molecular weight excluding hydrogens is 333 g/mol. The van der Waals surface area contributed by atoms with Gasteiger partial charge in [0.1, 0.15) is 5.82 Å². The van der Waals surface area contributed by atoms with Gasteiger partial charge in [-0.15, -0.1) is 0 Å². The maximum atomic E-state index is 13.4. The van der Waals surface area contributed by atoms with Crippen molar-refractivity contribution in [1.29, 1.82) is 0 Å². The number of hydrogen-bond acceptors (Lipinski definition) is 4. The topological polar surface area (TPSA) is 54.5 Å². The number of carbonyl (C=O) groups is 1. The molecule has 3 heterocycles. The lowest BCUT2D eigenvalue weighted by molar-refractivity contribution is -0.0447. The first-order chi connectivity index (χ1) is 12.6. The summed E-state index contributed by atoms with van der Waals surface area (Å²) in [6.45, 7) is 1.90. The van der Waals surface area contributed by atoms with Gasteiger partial charge in [-0.3, -0.25) is 9.78 Å². The van der Waals surface area contributed by atoms with Crippen molar-refractivity contribution < 1.29 is 13.9 Å². The third-order valence-corrected chi connectivity index (χ3v) is 5.16. The Morgan fingerprint density at radius 1 is 1.31 bits per heavy atom. The molecule has 2 aliphatic rings. The van der Waals surface area contributed by atoms with Gasteiger partial charge in [-0.05, 0) is 43.2 Å². The van der Waals surface area contributed by atoms with Crippen molar-refractivity contribution in [3.05, 3.63) is 60.2 Å². The van der Waals surface area contributed by atoms with E-state index in [-0.39, 0.29) is 23.4 Å². The van der Waals surface area contributed by atoms with E-state index in [2.05, 4.69) is 10.3 Å². The van der Waals surface area contributed by atoms with Crippen LogP contribution in [0.4, 0.5) is 10.1 Å². The molecule has 26 heavy (non-hydrogen) atoms. The lowest BCUT2D eigenvalue weighted by Gasteiger charge is -2.39. The third-order valence-electron chi connectivity index (χ3n) is 5.16. The molecule has 1 aromatic carbocycles. The molecule has 0 radical (unpaired) electrons. The molecule has 1 spiro atoms. The number of aromatic nitrogens is 1. The van der Waals surface area contributed by atoms with Crippen LogP contribution in [0.1, 0.15) is 29.6 Å². The number of pyridine rings is 1. The normalized spacial score (nSPS) is 25.4. The fourth-order valence-electron chi connectivity index (χ4n) is 3.98. The smallest absolute Gasteiger partial charge is 0.254 e. The maximum Gasteiger partial charge on any atom is 0.254 e. The van der Waals surface area contributed by atoms with Gasteiger partial charge in [-0.2, -0.15) is 0 Å². The summed E-state index contributed by atoms with van der Waals surface area (Å²) in [7, 11) is 0. The minimum atomic E-state index is -0.314. The molecule has 136 valence electrons. The van der Waals surface area contributed by atoms with Crippen molar-refractivity contribution in [1.82, 2.24) is 9.88 Å². The summed E-state index contributed by atoms with van der Waals surface area (Å²) in [5.41, 5.74) is 1.10. The molecule has 5 nitrogen and oxygen atoms in total. The van der Waals surface area contributed by atoms with E-state index in [0.29, 0.717) is 18.7 Å². The molecule has 1 aromatic heterocycles. The number of likely N-dealkylation sites (tertiary alicyclic amines) is 1. The van der Waals surface area contributed by atoms with Gasteiger partial charge in [-0.25, -0.2) is 4.39 Å². The largest absolute Gasteiger partial charge is 0.380 e. The molecular formula is C20H22FN3O2. The third kappa shape index (κ3) is 3.55. The van der Waals surface area contributed by atoms with E-state index in [1.54, 1.807) is 30.6 Å². The molecule has 2 saturated heterocycles. The zero-order valence-electron chi connectivity index (χ0n) is 14.5. The van der Waals surface area contributed by atoms with Crippen molar-refractivity contribution in [2.24, 2.45) is 0 Å². The summed E-state index contributed by atoms with van der Waals surface area (Å²) < 4.78 is 19.5. The molecule has 2 atom stereocenters. The Morgan fingerprint density at radius 2 is 2.15 bits per heavy atom. The van der Waals surface area contributed by atoms with Gasteiger partial charge in [0.15, 0.2) is 0 Å². The Bertz CT molecular complexity index is 786. The van der Waals surface area contributed by atoms with E-state index in [1.165, 1.54) is 12.1 Å². The molecule has 2 aliphatic heterocycles. The van der Waals surface area contributed by atoms with Gasteiger partial charge in [0.25, 0.3) is 5.91 Å². The first-order valence-electron chi connectivity index (χ1n) is 8.99. The lowest BCUT2D eigenvalue weighted by Crippen LogP contribution is -2.50. The van der Waals surface area contributed by atoms with Crippen LogP contribution in [0.2, 0.25) is 0 Å². The fraction of sp³-hybridized carbons (Fsp3) is 0.400. The highest BCUT2D eigenvalue weighted by molar-refractivity contribution is 5.94. The van der Waals surface area contributed by atoms with E-state index in [4.69, 9.17) is 4.74 Å². The van der Waals surface area contributed by atoms with Crippen LogP contribution in [0.25, 0.3) is 0 Å². The zero-order valence-corrected chi connectivity index (χ0v) is 14.5. The SMILES string of the molecule is O=C(c1ccncc1)N1CCC[C@]2(C[C@H](Nc3cccc(F)c3)CO2)C1. The summed E-state index contributed by atoms with van der Waals surface area (Å²) in [6, 6.07) is 10.1. The minimum Gasteiger partial charge on any atom is -0.380 e. The number of halogens is 1. The molecule has 0 bridgehead atoms. The highest BCUT2D eigenvalue weighted by Crippen LogP contribution is 2.36. The second kappa shape index (κ2) is 7.03. The van der Waals surface area contributed by atoms with Gasteiger partial charge < -0.3 is 15.0 Å². The average Bonchev–Trinajstić information content (AvgIpc) is 3.03. The number of rotatable bonds is 3. The molecule has 4 rings (SSSR count). The Hall–Kier alpha value is -2.47. The number of carbonyl (C=O) groups excluding carboxylic acids is 1. The quantitative estimate of drug-likeness (QED) is 0.919. The number of hydrogen-bond donors (Lipinski definition) is 1. The molecule has 2 aromatic rings. The van der Waals surface area contributed by atoms with Crippen molar-refractivity contribution in [3.63, 3.8) is 0 Å². The standard InChI is InChI=1S/C20H22FN3O2/c21-16-3-1-4-17(11-16)23-18-12-20(26-13-18)7-2-10-24(14-20)19(25)15-5-8-22-9-6-15/h1,3-6,8-9,11,18,23H,2,7,10,12-14H2/t18-,20-/m0/s1. The Kier molecular flexibility index (Phi) is 4.59. The number of nitrogens with zero attached hydrogens (tertiary/aromatic N) is 2. The van der Waals surface area contributed by atoms with Crippen molar-refractivity contribution in [2.75, 3.05) is 25.0 Å². The Morgan fingerprint density at radius 3 is 2.96 bits per heavy atom. The van der Waals surface area contributed by atoms with Crippen LogP contribution in [-0.2, 0) is 4.74 Å². The van der Waals surface area contributed by atoms with E-state index in [0.717, 1.165) is 31.5 Å². The summed E-state index contributed by atoms with van der Waals surface area (Å²) in [5.74, 6) is -0.230. The van der Waals surface area contributed by atoms with Crippen LogP contribution in [0.15, 0.2) is 48.8 Å². The van der Waals surface area contributed by atoms with Crippen LogP contribution < -0.4 is 5.32 Å². The second-order valence-corrected chi connectivity index (χ2v) is 7.12. The number of piperidine rings is 1. The maximum absolute atomic E-state index is 13.4. The summed E-state index contributed by atoms with van der Waals surface area (Å²) in [6.07, 6.45) is 5.94. The second-order valence-electron chi connectivity index (χ2n) is 7.12. The van der Waals surface area contributed by atoms with Gasteiger partial charge >= 0.3 is 0 Å². The fourth-order valence-corrected chi connectivity index (χ4v) is 3.98. The van der Waals surface area contributed by atoms with Gasteiger partial charge in [0.2, 0.25) is 0 Å². The predicted molar refractivity (Wildman–Crippen MR) is 96.5 cm³/mol. The van der Waals surface area contributed by atoms with E-state index in [1.807, 2.05) is 11.0 Å². The van der Waals surface area contributed by atoms with Gasteiger partial charge in [0, 0.05) is 36.6 Å². The molecule has 6 heteroatoms. The van der Waals surface area contributed by atoms with Crippen molar-refractivity contribution in [3.8, 4) is 0 Å². The van der Waals surface area contributed by atoms with E-state index in [9.17, 15) is 9.18 Å². The number of anilines is 1. The first kappa shape index (κ1) is 17.0. The monoisotopic (exact) mass is 355 g/mol. The predicted octanol–water partition coefficient (Wildman–Crippen LogP) is 3.10. The van der Waals surface area contributed by atoms with Crippen LogP contribution in [0.3, 0.4) is 0 Å². The molecule has 1 N–H and O–H groups in total. The molecule has 2 fully saturated rings. The van der Waals surface area contributed by atoms with E-state index >= 15 is 0 Å². The number of amides is 1. The summed E-state index contributed by atoms with van der Waals surface area (Å²) in [4.78, 5) is 18.6. The number of benzene rings is 1. The Balaban J connectivity index is 1.42. The van der Waals surface area contributed by atoms with Crippen LogP contribution >= 0.6 is 0 Å². The minimum absolute atomic E-state index is 0.0246. The van der Waals surface area contributed by atoms with Crippen LogP contribution in [0.5, 0.6) is 0 Å². The number of ether oxygens (including phenoxy) is 1. The Labute approximate surface area is 152 Å². The molecule has 0 saturated carbocycles. The molecule has 0 aliphatic carbocycles. The van der Waals surface area contributed by atoms with Crippen LogP contribution in [-0.4, -0.2) is 47.1 Å². The first-order valence-corrected chi connectivity index (χ1v) is 8.99. The van der Waals surface area contributed by atoms with Gasteiger partial charge in [0.05, 0.1) is 24.8 Å². The zero-order chi connectivity index (χ0) is 18.0. The average molecular weight is 355 g/mol. The lowest BCUT2D eigenvalue weighted by atomic mass is 9.88. The summed E-state index contributed by atoms with van der Waals surface area (Å²) in [5, 5.41) is 3.35. The highest BCUT2D eigenvalue weighted by Gasteiger charge is 2.44. The van der Waals surface area contributed by atoms with Crippen molar-refractivity contribution in [2.45, 2.75) is 30.9 Å². The van der Waals surface area contributed by atoms with Crippen molar-refractivity contribution >= 4 is 11.6 Å². The number of nitrogens with one attached hydrogen (secondary N) is 1. The molecule has 0 unspecified atom stereocenters. The summed E-state index contributed by atoms with van der Waals surface area (Å²) >= 11 is 0. The highest BCUT2D eigenvalue weighted by atomic mass is 19.1. The van der Waals surface area contributed by atoms with Crippen LogP contribution in [0, 0.1) is 5.82 Å². The van der Waals surface area contributed by atoms with E-state index < -0.39 is 0 Å².